The number of nitrogens with zero attached hydrogens (tertiary/aromatic N) is 1. The van der Waals surface area contributed by atoms with E-state index in [9.17, 15) is 0 Å². The standard InChI is InChI=1S/C12H26N2O/c1-5-15-11(3)9-13-12-6-7-14(4)10(2)8-12/h10-13H,5-9H2,1-4H3. The highest BCUT2D eigenvalue weighted by molar-refractivity contribution is 4.81. The molecule has 0 bridgehead atoms. The molecular formula is C12H26N2O. The fraction of sp³-hybridized carbons (Fsp3) is 1.00. The van der Waals surface area contributed by atoms with Gasteiger partial charge in [-0.1, -0.05) is 0 Å². The number of hydrogen-bond donors (Lipinski definition) is 1. The van der Waals surface area contributed by atoms with Crippen LogP contribution in [0, 0.1) is 0 Å². The normalized spacial score (nSPS) is 30.4. The van der Waals surface area contributed by atoms with Gasteiger partial charge in [0, 0.05) is 25.2 Å². The third-order valence-electron chi connectivity index (χ3n) is 3.35. The van der Waals surface area contributed by atoms with Crippen molar-refractivity contribution in [3.63, 3.8) is 0 Å². The second-order valence-corrected chi connectivity index (χ2v) is 4.73. The average Bonchev–Trinajstić information content (AvgIpc) is 2.20. The largest absolute Gasteiger partial charge is 0.377 e. The van der Waals surface area contributed by atoms with Gasteiger partial charge >= 0.3 is 0 Å². The monoisotopic (exact) mass is 214 g/mol. The molecule has 0 amide bonds. The Hall–Kier alpha value is -0.120. The zero-order valence-corrected chi connectivity index (χ0v) is 10.6. The van der Waals surface area contributed by atoms with Gasteiger partial charge in [-0.3, -0.25) is 0 Å². The van der Waals surface area contributed by atoms with Gasteiger partial charge in [0.25, 0.3) is 0 Å². The van der Waals surface area contributed by atoms with Gasteiger partial charge in [-0.05, 0) is 47.2 Å². The zero-order chi connectivity index (χ0) is 11.3. The molecule has 0 aromatic rings. The van der Waals surface area contributed by atoms with E-state index in [1.54, 1.807) is 0 Å². The maximum atomic E-state index is 5.51. The van der Waals surface area contributed by atoms with Crippen LogP contribution in [0.15, 0.2) is 0 Å². The molecule has 0 radical (unpaired) electrons. The van der Waals surface area contributed by atoms with E-state index in [0.29, 0.717) is 18.2 Å². The molecule has 0 aromatic carbocycles. The van der Waals surface area contributed by atoms with Crippen LogP contribution >= 0.6 is 0 Å². The number of piperidine rings is 1. The lowest BCUT2D eigenvalue weighted by atomic mass is 9.99. The lowest BCUT2D eigenvalue weighted by molar-refractivity contribution is 0.0693. The summed E-state index contributed by atoms with van der Waals surface area (Å²) in [4.78, 5) is 2.43. The molecule has 1 aliphatic heterocycles. The molecule has 3 atom stereocenters. The Kier molecular flexibility index (Phi) is 5.58. The summed E-state index contributed by atoms with van der Waals surface area (Å²) in [6.07, 6.45) is 2.86. The molecule has 1 heterocycles. The number of likely N-dealkylation sites (tertiary alicyclic amines) is 1. The number of nitrogens with one attached hydrogen (secondary N) is 1. The third kappa shape index (κ3) is 4.49. The van der Waals surface area contributed by atoms with E-state index in [1.165, 1.54) is 19.4 Å². The fourth-order valence-electron chi connectivity index (χ4n) is 2.15. The molecule has 3 unspecified atom stereocenters. The first-order valence-corrected chi connectivity index (χ1v) is 6.18. The predicted octanol–water partition coefficient (Wildman–Crippen LogP) is 1.48. The first kappa shape index (κ1) is 12.9. The van der Waals surface area contributed by atoms with Crippen LogP contribution in [0.4, 0.5) is 0 Å². The van der Waals surface area contributed by atoms with Crippen molar-refractivity contribution in [1.29, 1.82) is 0 Å². The van der Waals surface area contributed by atoms with Gasteiger partial charge in [0.05, 0.1) is 6.10 Å². The molecule has 0 aromatic heterocycles. The minimum absolute atomic E-state index is 0.338. The molecule has 90 valence electrons. The molecule has 1 N–H and O–H groups in total. The SMILES string of the molecule is CCOC(C)CNC1CCN(C)C(C)C1. The van der Waals surface area contributed by atoms with Crippen LogP contribution < -0.4 is 5.32 Å². The Morgan fingerprint density at radius 2 is 2.27 bits per heavy atom. The van der Waals surface area contributed by atoms with E-state index >= 15 is 0 Å². The van der Waals surface area contributed by atoms with Crippen molar-refractivity contribution < 1.29 is 4.74 Å². The van der Waals surface area contributed by atoms with Gasteiger partial charge in [0.1, 0.15) is 0 Å². The second kappa shape index (κ2) is 6.46. The molecule has 15 heavy (non-hydrogen) atoms. The van der Waals surface area contributed by atoms with Crippen LogP contribution in [0.2, 0.25) is 0 Å². The number of hydrogen-bond acceptors (Lipinski definition) is 3. The Balaban J connectivity index is 2.16. The lowest BCUT2D eigenvalue weighted by Crippen LogP contribution is -2.47. The van der Waals surface area contributed by atoms with Gasteiger partial charge in [0.15, 0.2) is 0 Å². The summed E-state index contributed by atoms with van der Waals surface area (Å²) in [5.74, 6) is 0. The molecular weight excluding hydrogens is 188 g/mol. The topological polar surface area (TPSA) is 24.5 Å². The quantitative estimate of drug-likeness (QED) is 0.750. The summed E-state index contributed by atoms with van der Waals surface area (Å²) < 4.78 is 5.51. The Bertz CT molecular complexity index is 175. The summed E-state index contributed by atoms with van der Waals surface area (Å²) in [5.41, 5.74) is 0. The van der Waals surface area contributed by atoms with Crippen molar-refractivity contribution in [2.24, 2.45) is 0 Å². The average molecular weight is 214 g/mol. The Labute approximate surface area is 94.2 Å². The first-order chi connectivity index (χ1) is 7.13. The predicted molar refractivity (Wildman–Crippen MR) is 64.2 cm³/mol. The first-order valence-electron chi connectivity index (χ1n) is 6.18. The maximum Gasteiger partial charge on any atom is 0.0671 e. The van der Waals surface area contributed by atoms with E-state index in [0.717, 1.165) is 13.2 Å². The zero-order valence-electron chi connectivity index (χ0n) is 10.6. The molecule has 0 saturated carbocycles. The Morgan fingerprint density at radius 3 is 2.87 bits per heavy atom. The molecule has 1 fully saturated rings. The number of rotatable bonds is 5. The van der Waals surface area contributed by atoms with Crippen molar-refractivity contribution in [1.82, 2.24) is 10.2 Å². The van der Waals surface area contributed by atoms with Crippen LogP contribution in [0.1, 0.15) is 33.6 Å². The van der Waals surface area contributed by atoms with E-state index in [1.807, 2.05) is 6.92 Å². The van der Waals surface area contributed by atoms with Gasteiger partial charge in [0.2, 0.25) is 0 Å². The minimum atomic E-state index is 0.338. The fourth-order valence-corrected chi connectivity index (χ4v) is 2.15. The molecule has 0 aliphatic carbocycles. The van der Waals surface area contributed by atoms with Crippen LogP contribution in [0.25, 0.3) is 0 Å². The van der Waals surface area contributed by atoms with Crippen LogP contribution in [-0.2, 0) is 4.74 Å². The highest BCUT2D eigenvalue weighted by Gasteiger charge is 2.22. The van der Waals surface area contributed by atoms with Gasteiger partial charge in [-0.25, -0.2) is 0 Å². The summed E-state index contributed by atoms with van der Waals surface area (Å²) in [6, 6.07) is 1.39. The minimum Gasteiger partial charge on any atom is -0.377 e. The second-order valence-electron chi connectivity index (χ2n) is 4.73. The smallest absolute Gasteiger partial charge is 0.0671 e. The van der Waals surface area contributed by atoms with Crippen molar-refractivity contribution in [2.45, 2.75) is 51.8 Å². The molecule has 1 rings (SSSR count). The van der Waals surface area contributed by atoms with Crippen molar-refractivity contribution >= 4 is 0 Å². The highest BCUT2D eigenvalue weighted by atomic mass is 16.5. The van der Waals surface area contributed by atoms with Crippen molar-refractivity contribution in [3.05, 3.63) is 0 Å². The van der Waals surface area contributed by atoms with Gasteiger partial charge in [-0.15, -0.1) is 0 Å². The molecule has 3 nitrogen and oxygen atoms in total. The van der Waals surface area contributed by atoms with E-state index in [4.69, 9.17) is 4.74 Å². The van der Waals surface area contributed by atoms with E-state index in [-0.39, 0.29) is 0 Å². The maximum absolute atomic E-state index is 5.51. The summed E-state index contributed by atoms with van der Waals surface area (Å²) in [7, 11) is 2.21. The van der Waals surface area contributed by atoms with Gasteiger partial charge < -0.3 is 15.0 Å². The van der Waals surface area contributed by atoms with E-state index in [2.05, 4.69) is 31.1 Å². The number of ether oxygens (including phenoxy) is 1. The molecule has 1 saturated heterocycles. The van der Waals surface area contributed by atoms with Gasteiger partial charge in [-0.2, -0.15) is 0 Å². The summed E-state index contributed by atoms with van der Waals surface area (Å²) in [5, 5.41) is 3.61. The molecule has 0 spiro atoms. The Morgan fingerprint density at radius 1 is 1.53 bits per heavy atom. The molecule has 1 aliphatic rings. The van der Waals surface area contributed by atoms with Crippen LogP contribution in [-0.4, -0.2) is 49.8 Å². The summed E-state index contributed by atoms with van der Waals surface area (Å²) in [6.45, 7) is 9.49. The van der Waals surface area contributed by atoms with Crippen LogP contribution in [0.5, 0.6) is 0 Å². The highest BCUT2D eigenvalue weighted by Crippen LogP contribution is 2.15. The summed E-state index contributed by atoms with van der Waals surface area (Å²) >= 11 is 0. The third-order valence-corrected chi connectivity index (χ3v) is 3.35. The van der Waals surface area contributed by atoms with E-state index < -0.39 is 0 Å². The lowest BCUT2D eigenvalue weighted by Gasteiger charge is -2.35. The van der Waals surface area contributed by atoms with Crippen molar-refractivity contribution in [2.75, 3.05) is 26.7 Å². The van der Waals surface area contributed by atoms with Crippen LogP contribution in [0.3, 0.4) is 0 Å². The molecule has 3 heteroatoms. The van der Waals surface area contributed by atoms with Crippen molar-refractivity contribution in [3.8, 4) is 0 Å².